The van der Waals surface area contributed by atoms with Gasteiger partial charge in [0.15, 0.2) is 0 Å². The Labute approximate surface area is 105 Å². The maximum atomic E-state index is 13.4. The maximum Gasteiger partial charge on any atom is 0.246 e. The lowest BCUT2D eigenvalue weighted by Crippen LogP contribution is -2.42. The topological polar surface area (TPSA) is 63.4 Å². The van der Waals surface area contributed by atoms with E-state index in [0.29, 0.717) is 0 Å². The monoisotopic (exact) mass is 276 g/mol. The van der Waals surface area contributed by atoms with E-state index in [1.54, 1.807) is 6.92 Å². The molecule has 0 saturated heterocycles. The molecule has 0 saturated carbocycles. The Morgan fingerprint density at radius 3 is 2.47 bits per heavy atom. The van der Waals surface area contributed by atoms with Crippen LogP contribution in [0.3, 0.4) is 0 Å². The lowest BCUT2D eigenvalue weighted by Gasteiger charge is -2.23. The minimum Gasteiger partial charge on any atom is -0.392 e. The van der Waals surface area contributed by atoms with Gasteiger partial charge in [-0.1, -0.05) is 24.4 Å². The predicted octanol–water partition coefficient (Wildman–Crippen LogP) is 1.12. The molecular weight excluding hydrogens is 263 g/mol. The van der Waals surface area contributed by atoms with Crippen LogP contribution in [0.1, 0.15) is 6.92 Å². The van der Waals surface area contributed by atoms with Crippen LogP contribution in [0.2, 0.25) is 0 Å². The van der Waals surface area contributed by atoms with Crippen LogP contribution in [0.5, 0.6) is 0 Å². The second-order valence-corrected chi connectivity index (χ2v) is 5.97. The van der Waals surface area contributed by atoms with Crippen LogP contribution in [-0.4, -0.2) is 30.8 Å². The van der Waals surface area contributed by atoms with Crippen LogP contribution in [0.15, 0.2) is 29.2 Å². The lowest BCUT2D eigenvalue weighted by atomic mass is 10.3. The first-order valence-corrected chi connectivity index (χ1v) is 6.65. The largest absolute Gasteiger partial charge is 0.392 e. The summed E-state index contributed by atoms with van der Waals surface area (Å²) in [5.41, 5.74) is 5.38. The quantitative estimate of drug-likeness (QED) is 0.837. The highest BCUT2D eigenvalue weighted by molar-refractivity contribution is 7.89. The van der Waals surface area contributed by atoms with Gasteiger partial charge in [0.1, 0.15) is 10.7 Å². The Morgan fingerprint density at radius 1 is 1.47 bits per heavy atom. The SMILES string of the molecule is CC(C(N)=S)N(C)S(=O)(=O)c1ccccc1F. The number of nitrogens with two attached hydrogens (primary N) is 1. The minimum atomic E-state index is -3.92. The van der Waals surface area contributed by atoms with Gasteiger partial charge in [0.2, 0.25) is 10.0 Å². The smallest absolute Gasteiger partial charge is 0.246 e. The molecule has 0 aliphatic heterocycles. The molecule has 1 unspecified atom stereocenters. The number of hydrogen-bond acceptors (Lipinski definition) is 3. The van der Waals surface area contributed by atoms with Crippen molar-refractivity contribution in [2.75, 3.05) is 7.05 Å². The molecule has 0 fully saturated rings. The summed E-state index contributed by atoms with van der Waals surface area (Å²) in [6.07, 6.45) is 0. The maximum absolute atomic E-state index is 13.4. The lowest BCUT2D eigenvalue weighted by molar-refractivity contribution is 0.446. The van der Waals surface area contributed by atoms with E-state index in [1.165, 1.54) is 25.2 Å². The summed E-state index contributed by atoms with van der Waals surface area (Å²) < 4.78 is 38.5. The second-order valence-electron chi connectivity index (χ2n) is 3.53. The van der Waals surface area contributed by atoms with Crippen molar-refractivity contribution in [3.8, 4) is 0 Å². The highest BCUT2D eigenvalue weighted by Gasteiger charge is 2.28. The average molecular weight is 276 g/mol. The summed E-state index contributed by atoms with van der Waals surface area (Å²) in [7, 11) is -2.61. The molecule has 1 aromatic carbocycles. The zero-order valence-electron chi connectivity index (χ0n) is 9.42. The molecule has 0 aliphatic carbocycles. The number of halogens is 1. The van der Waals surface area contributed by atoms with Crippen molar-refractivity contribution >= 4 is 27.2 Å². The van der Waals surface area contributed by atoms with Crippen LogP contribution in [0.4, 0.5) is 4.39 Å². The Morgan fingerprint density at radius 2 is 2.00 bits per heavy atom. The van der Waals surface area contributed by atoms with Gasteiger partial charge in [0.25, 0.3) is 0 Å². The van der Waals surface area contributed by atoms with Gasteiger partial charge >= 0.3 is 0 Å². The molecule has 0 aromatic heterocycles. The van der Waals surface area contributed by atoms with Crippen molar-refractivity contribution in [1.29, 1.82) is 0 Å². The highest BCUT2D eigenvalue weighted by Crippen LogP contribution is 2.19. The molecule has 1 atom stereocenters. The minimum absolute atomic E-state index is 0.0346. The third kappa shape index (κ3) is 2.80. The van der Waals surface area contributed by atoms with Crippen LogP contribution in [0, 0.1) is 5.82 Å². The van der Waals surface area contributed by atoms with Crippen LogP contribution in [0.25, 0.3) is 0 Å². The van der Waals surface area contributed by atoms with E-state index in [1.807, 2.05) is 0 Å². The van der Waals surface area contributed by atoms with E-state index in [9.17, 15) is 12.8 Å². The van der Waals surface area contributed by atoms with Gasteiger partial charge < -0.3 is 5.73 Å². The molecule has 1 aromatic rings. The summed E-state index contributed by atoms with van der Waals surface area (Å²) in [4.78, 5) is -0.349. The van der Waals surface area contributed by atoms with E-state index in [0.717, 1.165) is 10.4 Å². The van der Waals surface area contributed by atoms with Crippen molar-refractivity contribution < 1.29 is 12.8 Å². The Hall–Kier alpha value is -1.05. The van der Waals surface area contributed by atoms with Crippen molar-refractivity contribution in [2.24, 2.45) is 5.73 Å². The molecule has 7 heteroatoms. The summed E-state index contributed by atoms with van der Waals surface area (Å²) in [6, 6.07) is 4.50. The first-order valence-electron chi connectivity index (χ1n) is 4.80. The number of rotatable bonds is 4. The van der Waals surface area contributed by atoms with E-state index in [2.05, 4.69) is 0 Å². The first kappa shape index (κ1) is 14.0. The zero-order valence-corrected chi connectivity index (χ0v) is 11.1. The number of likely N-dealkylation sites (N-methyl/N-ethyl adjacent to an activating group) is 1. The number of sulfonamides is 1. The average Bonchev–Trinajstić information content (AvgIpc) is 2.27. The molecule has 0 heterocycles. The normalized spacial score (nSPS) is 13.6. The fourth-order valence-corrected chi connectivity index (χ4v) is 2.83. The zero-order chi connectivity index (χ0) is 13.2. The van der Waals surface area contributed by atoms with Gasteiger partial charge in [0.05, 0.1) is 11.0 Å². The van der Waals surface area contributed by atoms with E-state index >= 15 is 0 Å². The van der Waals surface area contributed by atoms with E-state index in [4.69, 9.17) is 18.0 Å². The fraction of sp³-hybridized carbons (Fsp3) is 0.300. The van der Waals surface area contributed by atoms with Gasteiger partial charge in [-0.25, -0.2) is 12.8 Å². The summed E-state index contributed by atoms with van der Waals surface area (Å²) in [5, 5.41) is 0. The van der Waals surface area contributed by atoms with Crippen molar-refractivity contribution in [2.45, 2.75) is 17.9 Å². The van der Waals surface area contributed by atoms with Gasteiger partial charge in [-0.15, -0.1) is 0 Å². The van der Waals surface area contributed by atoms with Gasteiger partial charge in [-0.2, -0.15) is 4.31 Å². The van der Waals surface area contributed by atoms with Crippen molar-refractivity contribution in [3.63, 3.8) is 0 Å². The standard InChI is InChI=1S/C10H13FN2O2S2/c1-7(10(12)16)13(2)17(14,15)9-6-4-3-5-8(9)11/h3-7H,1-2H3,(H2,12,16). The molecule has 0 spiro atoms. The third-order valence-corrected chi connectivity index (χ3v) is 4.75. The molecule has 17 heavy (non-hydrogen) atoms. The molecule has 1 rings (SSSR count). The van der Waals surface area contributed by atoms with Crippen LogP contribution >= 0.6 is 12.2 Å². The summed E-state index contributed by atoms with van der Waals surface area (Å²) in [6.45, 7) is 1.54. The highest BCUT2D eigenvalue weighted by atomic mass is 32.2. The Bertz CT molecular complexity index is 531. The molecule has 4 nitrogen and oxygen atoms in total. The van der Waals surface area contributed by atoms with Crippen LogP contribution < -0.4 is 5.73 Å². The molecule has 2 N–H and O–H groups in total. The molecule has 0 bridgehead atoms. The third-order valence-electron chi connectivity index (χ3n) is 2.45. The molecule has 0 aliphatic rings. The van der Waals surface area contributed by atoms with E-state index in [-0.39, 0.29) is 9.88 Å². The van der Waals surface area contributed by atoms with Gasteiger partial charge in [-0.3, -0.25) is 0 Å². The Balaban J connectivity index is 3.21. The Kier molecular flexibility index (Phi) is 4.18. The van der Waals surface area contributed by atoms with Gasteiger partial charge in [0, 0.05) is 7.05 Å². The van der Waals surface area contributed by atoms with Crippen molar-refractivity contribution in [1.82, 2.24) is 4.31 Å². The molecule has 0 radical (unpaired) electrons. The number of nitrogens with zero attached hydrogens (tertiary/aromatic N) is 1. The molecule has 94 valence electrons. The predicted molar refractivity (Wildman–Crippen MR) is 67.6 cm³/mol. The van der Waals surface area contributed by atoms with Crippen molar-refractivity contribution in [3.05, 3.63) is 30.1 Å². The number of benzene rings is 1. The summed E-state index contributed by atoms with van der Waals surface area (Å²) >= 11 is 4.72. The molecule has 0 amide bonds. The first-order chi connectivity index (χ1) is 7.78. The van der Waals surface area contributed by atoms with Crippen LogP contribution in [-0.2, 0) is 10.0 Å². The van der Waals surface area contributed by atoms with E-state index < -0.39 is 21.9 Å². The summed E-state index contributed by atoms with van der Waals surface area (Å²) in [5.74, 6) is -0.797. The number of hydrogen-bond donors (Lipinski definition) is 1. The second kappa shape index (κ2) is 5.07. The van der Waals surface area contributed by atoms with Gasteiger partial charge in [-0.05, 0) is 19.1 Å². The fourth-order valence-electron chi connectivity index (χ4n) is 1.20. The number of thiocarbonyl (C=S) groups is 1. The molecular formula is C10H13FN2O2S2.